The van der Waals surface area contributed by atoms with Crippen LogP contribution in [0.4, 0.5) is 0 Å². The molecular formula is C25H50BaO4. The molecule has 0 heterocycles. The molecule has 4 nitrogen and oxygen atoms in total. The molecule has 176 valence electrons. The maximum Gasteiger partial charge on any atom is 2.00 e. The number of carboxylic acids is 2. The van der Waals surface area contributed by atoms with Crippen molar-refractivity contribution in [1.82, 2.24) is 0 Å². The van der Waals surface area contributed by atoms with E-state index < -0.39 is 18.4 Å². The summed E-state index contributed by atoms with van der Waals surface area (Å²) >= 11 is 0. The molecule has 0 spiro atoms. The number of hydrogen-bond donors (Lipinski definition) is 2. The van der Waals surface area contributed by atoms with Crippen molar-refractivity contribution in [3.8, 4) is 0 Å². The second kappa shape index (κ2) is 36.9. The van der Waals surface area contributed by atoms with Gasteiger partial charge in [-0.15, -0.1) is 0 Å². The molecule has 0 atom stereocenters. The zero-order valence-corrected chi connectivity index (χ0v) is 24.7. The smallest absolute Gasteiger partial charge is 0.481 e. The van der Waals surface area contributed by atoms with E-state index >= 15 is 0 Å². The second-order valence-corrected chi connectivity index (χ2v) is 7.62. The summed E-state index contributed by atoms with van der Waals surface area (Å²) in [4.78, 5) is 18.9. The Labute approximate surface area is 228 Å². The fourth-order valence-corrected chi connectivity index (χ4v) is 2.75. The summed E-state index contributed by atoms with van der Waals surface area (Å²) in [5.41, 5.74) is 0. The van der Waals surface area contributed by atoms with Gasteiger partial charge >= 0.3 is 60.8 Å². The van der Waals surface area contributed by atoms with Gasteiger partial charge in [-0.25, -0.2) is 0 Å². The number of aliphatic carboxylic acids is 2. The van der Waals surface area contributed by atoms with Crippen molar-refractivity contribution in [1.29, 1.82) is 0 Å². The summed E-state index contributed by atoms with van der Waals surface area (Å²) in [6.45, 7) is 12.2. The molecule has 0 rings (SSSR count). The summed E-state index contributed by atoms with van der Waals surface area (Å²) in [6.07, 6.45) is 24.0. The zero-order chi connectivity index (χ0) is 22.6. The Balaban J connectivity index is -0.000000171. The van der Waals surface area contributed by atoms with E-state index in [9.17, 15) is 9.59 Å². The Bertz CT molecular complexity index is 276. The molecule has 0 aliphatic rings. The monoisotopic (exact) mass is 552 g/mol. The minimum Gasteiger partial charge on any atom is -0.481 e. The van der Waals surface area contributed by atoms with E-state index in [0.717, 1.165) is 12.8 Å². The fraction of sp³-hybridized carbons (Fsp3) is 0.840. The molecule has 0 amide bonds. The number of unbranched alkanes of at least 4 members (excludes halogenated alkanes) is 16. The van der Waals surface area contributed by atoms with Crippen LogP contribution in [0.15, 0.2) is 0 Å². The van der Waals surface area contributed by atoms with Crippen molar-refractivity contribution in [3.63, 3.8) is 0 Å². The number of carbonyl (C=O) groups is 2. The minimum absolute atomic E-state index is 0. The molecule has 0 aromatic carbocycles. The van der Waals surface area contributed by atoms with E-state index in [1.54, 1.807) is 0 Å². The van der Waals surface area contributed by atoms with Gasteiger partial charge in [-0.3, -0.25) is 9.59 Å². The van der Waals surface area contributed by atoms with Gasteiger partial charge < -0.3 is 24.1 Å². The molecule has 0 aliphatic carbocycles. The first-order valence-corrected chi connectivity index (χ1v) is 12.0. The Morgan fingerprint density at radius 1 is 0.533 bits per heavy atom. The van der Waals surface area contributed by atoms with Crippen molar-refractivity contribution in [2.45, 2.75) is 136 Å². The minimum atomic E-state index is -1.31. The molecule has 0 fully saturated rings. The van der Waals surface area contributed by atoms with Crippen LogP contribution in [-0.4, -0.2) is 71.0 Å². The van der Waals surface area contributed by atoms with Crippen LogP contribution in [0.5, 0.6) is 0 Å². The van der Waals surface area contributed by atoms with Gasteiger partial charge in [0.15, 0.2) is 0 Å². The first-order valence-electron chi connectivity index (χ1n) is 12.0. The summed E-state index contributed by atoms with van der Waals surface area (Å²) in [6, 6.07) is 0. The largest absolute Gasteiger partial charge is 2.00 e. The predicted molar refractivity (Wildman–Crippen MR) is 131 cm³/mol. The fourth-order valence-electron chi connectivity index (χ4n) is 2.75. The number of rotatable bonds is 18. The molecule has 0 bridgehead atoms. The molecular weight excluding hydrogens is 502 g/mol. The van der Waals surface area contributed by atoms with Crippen LogP contribution in [0.1, 0.15) is 136 Å². The van der Waals surface area contributed by atoms with Crippen molar-refractivity contribution in [2.24, 2.45) is 0 Å². The third-order valence-corrected chi connectivity index (χ3v) is 4.51. The third kappa shape index (κ3) is 51.3. The maximum atomic E-state index is 9.43. The van der Waals surface area contributed by atoms with Crippen molar-refractivity contribution >= 4 is 60.8 Å². The summed E-state index contributed by atoms with van der Waals surface area (Å²) in [5.74, 6) is -2.62. The van der Waals surface area contributed by atoms with Gasteiger partial charge in [0, 0.05) is 0 Å². The van der Waals surface area contributed by atoms with Crippen LogP contribution in [-0.2, 0) is 9.59 Å². The van der Waals surface area contributed by atoms with Crippen LogP contribution < -0.4 is 0 Å². The molecule has 0 aromatic rings. The first-order chi connectivity index (χ1) is 14.0. The molecule has 0 saturated heterocycles. The standard InChI is InChI=1S/2C11H23.C3H4O4.Ba/c2*1-3-5-7-9-11-10-8-6-4-2;4-2(5)1-3(6)7;/h2*1,3-11H2,2H3;1H2,(H,4,5)(H,6,7);/q2*-1;;+2. The first kappa shape index (κ1) is 37.8. The van der Waals surface area contributed by atoms with Gasteiger partial charge in [-0.05, 0) is 0 Å². The molecule has 5 heteroatoms. The Morgan fingerprint density at radius 3 is 0.933 bits per heavy atom. The van der Waals surface area contributed by atoms with Gasteiger partial charge in [0.25, 0.3) is 0 Å². The second-order valence-electron chi connectivity index (χ2n) is 7.62. The van der Waals surface area contributed by atoms with E-state index in [2.05, 4.69) is 27.7 Å². The van der Waals surface area contributed by atoms with Gasteiger partial charge in [0.05, 0.1) is 0 Å². The van der Waals surface area contributed by atoms with Crippen molar-refractivity contribution in [3.05, 3.63) is 13.8 Å². The quantitative estimate of drug-likeness (QED) is 0.0786. The number of carboxylic acid groups (broad SMARTS) is 2. The third-order valence-electron chi connectivity index (χ3n) is 4.51. The Kier molecular flexibility index (Phi) is 46.5. The van der Waals surface area contributed by atoms with Crippen LogP contribution >= 0.6 is 0 Å². The van der Waals surface area contributed by atoms with Crippen molar-refractivity contribution in [2.75, 3.05) is 0 Å². The molecule has 0 radical (unpaired) electrons. The molecule has 0 aliphatic heterocycles. The Morgan fingerprint density at radius 2 is 0.767 bits per heavy atom. The van der Waals surface area contributed by atoms with Gasteiger partial charge in [-0.2, -0.15) is 12.8 Å². The maximum absolute atomic E-state index is 9.43. The van der Waals surface area contributed by atoms with Gasteiger partial charge in [-0.1, -0.05) is 117 Å². The molecule has 0 unspecified atom stereocenters. The van der Waals surface area contributed by atoms with Gasteiger partial charge in [0.2, 0.25) is 0 Å². The van der Waals surface area contributed by atoms with E-state index in [0.29, 0.717) is 0 Å². The molecule has 0 saturated carbocycles. The van der Waals surface area contributed by atoms with Crippen LogP contribution in [0.25, 0.3) is 0 Å². The molecule has 2 N–H and O–H groups in total. The van der Waals surface area contributed by atoms with E-state index in [4.69, 9.17) is 10.2 Å². The summed E-state index contributed by atoms with van der Waals surface area (Å²) in [5, 5.41) is 15.4. The van der Waals surface area contributed by atoms with E-state index in [-0.39, 0.29) is 48.9 Å². The van der Waals surface area contributed by atoms with Crippen LogP contribution in [0.2, 0.25) is 0 Å². The predicted octanol–water partition coefficient (Wildman–Crippen LogP) is 7.87. The van der Waals surface area contributed by atoms with Crippen LogP contribution in [0.3, 0.4) is 0 Å². The Hall–Kier alpha value is 0.511. The van der Waals surface area contributed by atoms with E-state index in [1.807, 2.05) is 0 Å². The topological polar surface area (TPSA) is 74.6 Å². The molecule has 30 heavy (non-hydrogen) atoms. The number of hydrogen-bond acceptors (Lipinski definition) is 2. The van der Waals surface area contributed by atoms with Gasteiger partial charge in [0.1, 0.15) is 6.42 Å². The van der Waals surface area contributed by atoms with Crippen molar-refractivity contribution < 1.29 is 19.8 Å². The zero-order valence-electron chi connectivity index (χ0n) is 20.3. The summed E-state index contributed by atoms with van der Waals surface area (Å²) in [7, 11) is 0. The average Bonchev–Trinajstić information content (AvgIpc) is 2.67. The summed E-state index contributed by atoms with van der Waals surface area (Å²) < 4.78 is 0. The normalized spacial score (nSPS) is 9.47. The SMILES string of the molecule is O=C(O)CC(=O)O.[Ba+2].[CH2-]CCCCCCCCCC.[CH2-]CCCCCCCCCC. The average molecular weight is 552 g/mol. The van der Waals surface area contributed by atoms with Crippen LogP contribution in [0, 0.1) is 13.8 Å². The molecule has 0 aromatic heterocycles. The van der Waals surface area contributed by atoms with E-state index in [1.165, 1.54) is 103 Å².